The van der Waals surface area contributed by atoms with Crippen molar-refractivity contribution in [3.8, 4) is 5.75 Å². The molecule has 0 radical (unpaired) electrons. The summed E-state index contributed by atoms with van der Waals surface area (Å²) >= 11 is 0. The second kappa shape index (κ2) is 10.8. The van der Waals surface area contributed by atoms with Gasteiger partial charge in [-0.1, -0.05) is 12.1 Å². The average molecular weight is 360 g/mol. The molecule has 25 heavy (non-hydrogen) atoms. The van der Waals surface area contributed by atoms with Gasteiger partial charge in [0.2, 0.25) is 0 Å². The Morgan fingerprint density at radius 3 is 2.36 bits per heavy atom. The molecule has 0 saturated heterocycles. The molecule has 1 aromatic carbocycles. The van der Waals surface area contributed by atoms with E-state index in [4.69, 9.17) is 4.74 Å². The molecule has 0 atom stereocenters. The number of nitrogens with zero attached hydrogens (tertiary/aromatic N) is 2. The Kier molecular flexibility index (Phi) is 9.12. The highest BCUT2D eigenvalue weighted by Gasteiger charge is 2.28. The van der Waals surface area contributed by atoms with Crippen molar-refractivity contribution in [2.75, 3.05) is 47.4 Å². The molecule has 142 valence electrons. The maximum absolute atomic E-state index is 12.2. The summed E-state index contributed by atoms with van der Waals surface area (Å²) in [7, 11) is 4.76. The van der Waals surface area contributed by atoms with Gasteiger partial charge in [0, 0.05) is 20.1 Å². The van der Waals surface area contributed by atoms with E-state index in [9.17, 15) is 13.2 Å². The summed E-state index contributed by atoms with van der Waals surface area (Å²) in [6, 6.07) is 7.85. The van der Waals surface area contributed by atoms with Crippen molar-refractivity contribution < 1.29 is 17.9 Å². The first-order valence-electron chi connectivity index (χ1n) is 8.17. The summed E-state index contributed by atoms with van der Waals surface area (Å²) in [4.78, 5) is 5.37. The lowest BCUT2D eigenvalue weighted by Gasteiger charge is -2.19. The molecule has 0 saturated carbocycles. The summed E-state index contributed by atoms with van der Waals surface area (Å²) < 4.78 is 41.8. The summed E-state index contributed by atoms with van der Waals surface area (Å²) in [5.41, 5.74) is 1.18. The highest BCUT2D eigenvalue weighted by atomic mass is 19.4. The Labute approximate surface area is 147 Å². The first-order valence-corrected chi connectivity index (χ1v) is 8.17. The second-order valence-electron chi connectivity index (χ2n) is 5.73. The van der Waals surface area contributed by atoms with Crippen LogP contribution in [0.25, 0.3) is 0 Å². The predicted molar refractivity (Wildman–Crippen MR) is 94.2 cm³/mol. The van der Waals surface area contributed by atoms with E-state index >= 15 is 0 Å². The van der Waals surface area contributed by atoms with Crippen LogP contribution in [0.1, 0.15) is 12.0 Å². The molecular formula is C17H27F3N4O. The van der Waals surface area contributed by atoms with Gasteiger partial charge in [-0.2, -0.15) is 13.2 Å². The molecule has 8 heteroatoms. The van der Waals surface area contributed by atoms with Crippen molar-refractivity contribution in [1.29, 1.82) is 0 Å². The number of methoxy groups -OCH3 is 1. The average Bonchev–Trinajstić information content (AvgIpc) is 2.56. The van der Waals surface area contributed by atoms with Crippen molar-refractivity contribution in [3.63, 3.8) is 0 Å². The highest BCUT2D eigenvalue weighted by Crippen LogP contribution is 2.15. The number of halogens is 3. The molecule has 0 aliphatic rings. The molecule has 2 N–H and O–H groups in total. The van der Waals surface area contributed by atoms with Gasteiger partial charge in [0.25, 0.3) is 0 Å². The van der Waals surface area contributed by atoms with Gasteiger partial charge in [-0.3, -0.25) is 9.89 Å². The smallest absolute Gasteiger partial charge is 0.401 e. The Bertz CT molecular complexity index is 518. The van der Waals surface area contributed by atoms with Crippen molar-refractivity contribution in [3.05, 3.63) is 29.8 Å². The molecule has 0 spiro atoms. The van der Waals surface area contributed by atoms with E-state index in [1.54, 1.807) is 14.2 Å². The Morgan fingerprint density at radius 2 is 1.80 bits per heavy atom. The van der Waals surface area contributed by atoms with Crippen LogP contribution >= 0.6 is 0 Å². The first kappa shape index (κ1) is 21.1. The van der Waals surface area contributed by atoms with E-state index in [0.29, 0.717) is 32.0 Å². The van der Waals surface area contributed by atoms with Crippen LogP contribution in [-0.2, 0) is 6.42 Å². The van der Waals surface area contributed by atoms with Crippen molar-refractivity contribution in [2.45, 2.75) is 19.0 Å². The van der Waals surface area contributed by atoms with Crippen LogP contribution in [0.2, 0.25) is 0 Å². The Balaban J connectivity index is 2.19. The number of aliphatic imine (C=N–C) groups is 1. The van der Waals surface area contributed by atoms with E-state index in [-0.39, 0.29) is 0 Å². The lowest BCUT2D eigenvalue weighted by Crippen LogP contribution is -2.40. The molecule has 0 aromatic heterocycles. The van der Waals surface area contributed by atoms with Crippen LogP contribution in [0.3, 0.4) is 0 Å². The van der Waals surface area contributed by atoms with Gasteiger partial charge in [-0.25, -0.2) is 0 Å². The predicted octanol–water partition coefficient (Wildman–Crippen LogP) is 2.29. The number of guanidine groups is 1. The quantitative estimate of drug-likeness (QED) is 0.403. The van der Waals surface area contributed by atoms with Crippen molar-refractivity contribution in [1.82, 2.24) is 15.5 Å². The third kappa shape index (κ3) is 9.81. The van der Waals surface area contributed by atoms with Crippen LogP contribution in [0, 0.1) is 0 Å². The number of ether oxygens (including phenoxy) is 1. The largest absolute Gasteiger partial charge is 0.497 e. The summed E-state index contributed by atoms with van der Waals surface area (Å²) in [6.45, 7) is 0.752. The molecular weight excluding hydrogens is 333 g/mol. The molecule has 5 nitrogen and oxygen atoms in total. The Morgan fingerprint density at radius 1 is 1.16 bits per heavy atom. The topological polar surface area (TPSA) is 48.9 Å². The number of benzene rings is 1. The minimum absolute atomic E-state index is 0.370. The van der Waals surface area contributed by atoms with Gasteiger partial charge in [0.15, 0.2) is 5.96 Å². The van der Waals surface area contributed by atoms with Gasteiger partial charge in [0.05, 0.1) is 13.7 Å². The van der Waals surface area contributed by atoms with Crippen LogP contribution in [0.5, 0.6) is 5.75 Å². The normalized spacial score (nSPS) is 12.4. The number of hydrogen-bond acceptors (Lipinski definition) is 3. The fraction of sp³-hybridized carbons (Fsp3) is 0.588. The van der Waals surface area contributed by atoms with Crippen molar-refractivity contribution >= 4 is 5.96 Å². The third-order valence-corrected chi connectivity index (χ3v) is 3.55. The van der Waals surface area contributed by atoms with Crippen LogP contribution < -0.4 is 15.4 Å². The second-order valence-corrected chi connectivity index (χ2v) is 5.73. The van der Waals surface area contributed by atoms with E-state index in [2.05, 4.69) is 15.6 Å². The fourth-order valence-electron chi connectivity index (χ4n) is 2.28. The fourth-order valence-corrected chi connectivity index (χ4v) is 2.28. The van der Waals surface area contributed by atoms with E-state index in [0.717, 1.165) is 12.2 Å². The molecule has 0 amide bonds. The van der Waals surface area contributed by atoms with Gasteiger partial charge >= 0.3 is 6.18 Å². The highest BCUT2D eigenvalue weighted by molar-refractivity contribution is 5.79. The summed E-state index contributed by atoms with van der Waals surface area (Å²) in [5, 5.41) is 6.29. The molecule has 0 fully saturated rings. The number of hydrogen-bond donors (Lipinski definition) is 2. The lowest BCUT2D eigenvalue weighted by atomic mass is 10.1. The van der Waals surface area contributed by atoms with Gasteiger partial charge in [-0.05, 0) is 44.1 Å². The van der Waals surface area contributed by atoms with Crippen LogP contribution in [-0.4, -0.2) is 64.4 Å². The lowest BCUT2D eigenvalue weighted by molar-refractivity contribution is -0.143. The summed E-state index contributed by atoms with van der Waals surface area (Å²) in [6.07, 6.45) is -2.72. The van der Waals surface area contributed by atoms with Crippen molar-refractivity contribution in [2.24, 2.45) is 4.99 Å². The third-order valence-electron chi connectivity index (χ3n) is 3.55. The first-order chi connectivity index (χ1) is 11.8. The molecule has 0 heterocycles. The van der Waals surface area contributed by atoms with E-state index in [1.165, 1.54) is 17.5 Å². The zero-order chi connectivity index (χ0) is 18.7. The van der Waals surface area contributed by atoms with Gasteiger partial charge in [0.1, 0.15) is 5.75 Å². The standard InChI is InChI=1S/C17H27F3N4O/c1-21-16(22-10-4-12-24(2)13-17(18,19)20)23-11-9-14-5-7-15(25-3)8-6-14/h5-8H,4,9-13H2,1-3H3,(H2,21,22,23). The van der Waals surface area contributed by atoms with Gasteiger partial charge < -0.3 is 15.4 Å². The Hall–Kier alpha value is -1.96. The van der Waals surface area contributed by atoms with E-state index < -0.39 is 12.7 Å². The maximum atomic E-state index is 12.2. The zero-order valence-electron chi connectivity index (χ0n) is 15.0. The minimum Gasteiger partial charge on any atom is -0.497 e. The molecule has 0 bridgehead atoms. The molecule has 1 aromatic rings. The molecule has 0 unspecified atom stereocenters. The van der Waals surface area contributed by atoms with Crippen LogP contribution in [0.4, 0.5) is 13.2 Å². The van der Waals surface area contributed by atoms with Crippen LogP contribution in [0.15, 0.2) is 29.3 Å². The number of alkyl halides is 3. The monoisotopic (exact) mass is 360 g/mol. The minimum atomic E-state index is -4.15. The van der Waals surface area contributed by atoms with E-state index in [1.807, 2.05) is 24.3 Å². The number of nitrogens with one attached hydrogen (secondary N) is 2. The van der Waals surface area contributed by atoms with Gasteiger partial charge in [-0.15, -0.1) is 0 Å². The molecule has 0 aliphatic carbocycles. The molecule has 0 aliphatic heterocycles. The number of rotatable bonds is 9. The zero-order valence-corrected chi connectivity index (χ0v) is 15.0. The SMILES string of the molecule is CN=C(NCCCN(C)CC(F)(F)F)NCCc1ccc(OC)cc1. The maximum Gasteiger partial charge on any atom is 0.401 e. The summed E-state index contributed by atoms with van der Waals surface area (Å²) in [5.74, 6) is 1.47. The molecule has 1 rings (SSSR count).